The van der Waals surface area contributed by atoms with E-state index in [9.17, 15) is 9.50 Å². The van der Waals surface area contributed by atoms with E-state index in [4.69, 9.17) is 15.7 Å². The van der Waals surface area contributed by atoms with Crippen LogP contribution in [0.3, 0.4) is 0 Å². The number of hydrogen-bond acceptors (Lipinski definition) is 7. The number of tetrazole rings is 1. The monoisotopic (exact) mass is 513 g/mol. The second kappa shape index (κ2) is 9.16. The molecule has 3 aromatic heterocycles. The number of aromatic nitrogens is 7. The van der Waals surface area contributed by atoms with Crippen LogP contribution in [-0.4, -0.2) is 57.8 Å². The highest BCUT2D eigenvalue weighted by Gasteiger charge is 2.38. The number of pyridine rings is 1. The molecular weight excluding hydrogens is 490 g/mol. The molecule has 0 bridgehead atoms. The van der Waals surface area contributed by atoms with Gasteiger partial charge in [0, 0.05) is 36.1 Å². The fraction of sp³-hybridized carbons (Fsp3) is 0.292. The van der Waals surface area contributed by atoms with E-state index in [1.165, 1.54) is 18.3 Å². The molecule has 0 amide bonds. The van der Waals surface area contributed by atoms with Gasteiger partial charge in [0.15, 0.2) is 11.6 Å². The summed E-state index contributed by atoms with van der Waals surface area (Å²) >= 11 is 6.12. The number of H-pyrrole nitrogens is 1. The topological polar surface area (TPSA) is 109 Å². The van der Waals surface area contributed by atoms with Gasteiger partial charge in [0.2, 0.25) is 0 Å². The minimum Gasteiger partial charge on any atom is -0.390 e. The average molecular weight is 514 g/mol. The Labute approximate surface area is 213 Å². The Kier molecular flexibility index (Phi) is 4.99. The molecule has 2 atom stereocenters. The Hall–Kier alpha value is -3.54. The van der Waals surface area contributed by atoms with E-state index in [0.29, 0.717) is 24.5 Å². The summed E-state index contributed by atoms with van der Waals surface area (Å²) in [5.41, 5.74) is 0.932. The maximum atomic E-state index is 15.3. The normalized spacial score (nSPS) is 21.6. The molecule has 0 radical (unpaired) electrons. The quantitative estimate of drug-likeness (QED) is 0.417. The Morgan fingerprint density at radius 2 is 2.14 bits per heavy atom. The molecule has 4 aromatic rings. The van der Waals surface area contributed by atoms with Crippen molar-refractivity contribution in [3.05, 3.63) is 76.7 Å². The van der Waals surface area contributed by atoms with E-state index in [2.05, 4.69) is 35.4 Å². The van der Waals surface area contributed by atoms with Crippen molar-refractivity contribution in [3.8, 4) is 16.9 Å². The van der Waals surface area contributed by atoms with E-state index < -0.39 is 23.9 Å². The highest BCUT2D eigenvalue weighted by Crippen LogP contribution is 2.43. The molecule has 1 aromatic carbocycles. The third-order valence-corrected chi connectivity index (χ3v) is 7.06. The van der Waals surface area contributed by atoms with Crippen molar-refractivity contribution in [2.45, 2.75) is 37.9 Å². The highest BCUT2D eigenvalue weighted by atomic mass is 35.5. The van der Waals surface area contributed by atoms with Crippen molar-refractivity contribution >= 4 is 17.2 Å². The highest BCUT2D eigenvalue weighted by molar-refractivity contribution is 6.31. The summed E-state index contributed by atoms with van der Waals surface area (Å²) in [6.07, 6.45) is 6.56. The predicted octanol–water partition coefficient (Wildman–Crippen LogP) is 3.86. The van der Waals surface area contributed by atoms with Crippen molar-refractivity contribution in [2.24, 2.45) is 0 Å². The van der Waals surface area contributed by atoms with Crippen molar-refractivity contribution in [1.29, 1.82) is 0 Å². The zero-order chi connectivity index (χ0) is 27.5. The molecule has 9 nitrogen and oxygen atoms in total. The summed E-state index contributed by atoms with van der Waals surface area (Å²) in [6.45, 7) is -2.43. The number of nitrogens with zero attached hydrogens (tertiary/aromatic N) is 7. The van der Waals surface area contributed by atoms with Crippen LogP contribution in [0.25, 0.3) is 22.5 Å². The molecule has 1 saturated heterocycles. The maximum Gasteiger partial charge on any atom is 0.156 e. The molecule has 2 N–H and O–H groups in total. The first-order valence-electron chi connectivity index (χ1n) is 12.7. The van der Waals surface area contributed by atoms with E-state index in [0.717, 1.165) is 23.1 Å². The summed E-state index contributed by atoms with van der Waals surface area (Å²) in [4.78, 5) is 13.6. The Morgan fingerprint density at radius 1 is 1.25 bits per heavy atom. The smallest absolute Gasteiger partial charge is 0.156 e. The van der Waals surface area contributed by atoms with E-state index >= 15 is 4.39 Å². The number of aromatic amines is 1. The molecule has 0 spiro atoms. The standard InChI is InChI=1S/C24H21ClF2N8O/c25-16-2-4-19(35-12-30-32-33-35)21(23(16)27)13-6-8-34-14(9-13)1-3-20(34)24-29-10-17(31-24)15-5-7-28-18(11-36)22(15)26/h2,4-7,10,12,14,20,36H,1,3,8-9,11H2,(H,29,31)/t14-,20+/m0/s1/i11D2,12D. The summed E-state index contributed by atoms with van der Waals surface area (Å²) in [5.74, 6) is -0.952. The molecule has 2 aliphatic rings. The van der Waals surface area contributed by atoms with Gasteiger partial charge in [0.25, 0.3) is 0 Å². The zero-order valence-corrected chi connectivity index (χ0v) is 19.4. The SMILES string of the molecule is [2H]c1nnnn1-c1ccc(Cl)c(F)c1C1=CCN2[C@@H](CC[C@@H]2c2nc(-c3ccnc(C([2H])([2H])O)c3F)c[nH]2)C1. The summed E-state index contributed by atoms with van der Waals surface area (Å²) in [5, 5.41) is 20.5. The van der Waals surface area contributed by atoms with Crippen LogP contribution in [-0.2, 0) is 6.56 Å². The van der Waals surface area contributed by atoms with Crippen LogP contribution in [0.1, 0.15) is 46.5 Å². The van der Waals surface area contributed by atoms with Gasteiger partial charge in [-0.25, -0.2) is 13.8 Å². The summed E-state index contributed by atoms with van der Waals surface area (Å²) in [7, 11) is 0. The van der Waals surface area contributed by atoms with Crippen LogP contribution >= 0.6 is 11.6 Å². The molecule has 184 valence electrons. The lowest BCUT2D eigenvalue weighted by atomic mass is 9.92. The second-order valence-electron chi connectivity index (χ2n) is 8.63. The van der Waals surface area contributed by atoms with Gasteiger partial charge < -0.3 is 10.1 Å². The van der Waals surface area contributed by atoms with Crippen LogP contribution in [0, 0.1) is 11.6 Å². The molecule has 2 aliphatic heterocycles. The lowest BCUT2D eigenvalue weighted by molar-refractivity contribution is 0.205. The fourth-order valence-electron chi connectivity index (χ4n) is 5.11. The fourth-order valence-corrected chi connectivity index (χ4v) is 5.27. The molecule has 0 unspecified atom stereocenters. The van der Waals surface area contributed by atoms with Crippen LogP contribution in [0.5, 0.6) is 0 Å². The maximum absolute atomic E-state index is 15.3. The largest absolute Gasteiger partial charge is 0.390 e. The lowest BCUT2D eigenvalue weighted by Gasteiger charge is -2.33. The number of fused-ring (bicyclic) bond motifs is 1. The van der Waals surface area contributed by atoms with Crippen molar-refractivity contribution in [2.75, 3.05) is 6.54 Å². The minimum absolute atomic E-state index is 0.0242. The van der Waals surface area contributed by atoms with E-state index in [1.54, 1.807) is 12.3 Å². The third kappa shape index (κ3) is 3.80. The molecule has 12 heteroatoms. The summed E-state index contributed by atoms with van der Waals surface area (Å²) < 4.78 is 54.2. The number of halogens is 3. The van der Waals surface area contributed by atoms with Crippen LogP contribution < -0.4 is 0 Å². The summed E-state index contributed by atoms with van der Waals surface area (Å²) in [6, 6.07) is 4.36. The van der Waals surface area contributed by atoms with E-state index in [1.807, 2.05) is 6.08 Å². The Bertz CT molecular complexity index is 1600. The van der Waals surface area contributed by atoms with Gasteiger partial charge in [-0.15, -0.1) is 5.10 Å². The molecular formula is C24H21ClF2N8O. The number of rotatable bonds is 5. The second-order valence-corrected chi connectivity index (χ2v) is 9.03. The molecule has 5 heterocycles. The predicted molar refractivity (Wildman–Crippen MR) is 127 cm³/mol. The molecule has 1 fully saturated rings. The van der Waals surface area contributed by atoms with Crippen LogP contribution in [0.4, 0.5) is 8.78 Å². The lowest BCUT2D eigenvalue weighted by Crippen LogP contribution is -2.35. The van der Waals surface area contributed by atoms with Crippen molar-refractivity contribution in [1.82, 2.24) is 40.1 Å². The van der Waals surface area contributed by atoms with Gasteiger partial charge in [-0.05, 0) is 53.5 Å². The van der Waals surface area contributed by atoms with Gasteiger partial charge >= 0.3 is 0 Å². The number of imidazole rings is 1. The average Bonchev–Trinajstić information content (AvgIpc) is 3.64. The van der Waals surface area contributed by atoms with Gasteiger partial charge in [-0.1, -0.05) is 17.7 Å². The van der Waals surface area contributed by atoms with Gasteiger partial charge in [-0.2, -0.15) is 4.68 Å². The Morgan fingerprint density at radius 3 is 2.94 bits per heavy atom. The molecule has 0 aliphatic carbocycles. The van der Waals surface area contributed by atoms with Crippen LogP contribution in [0.15, 0.2) is 43.0 Å². The minimum atomic E-state index is -2.93. The number of hydrogen-bond donors (Lipinski definition) is 2. The van der Waals surface area contributed by atoms with Crippen LogP contribution in [0.2, 0.25) is 5.02 Å². The number of nitrogens with one attached hydrogen (secondary N) is 1. The number of benzene rings is 1. The van der Waals surface area contributed by atoms with Gasteiger partial charge in [0.05, 0.1) is 31.7 Å². The molecule has 36 heavy (non-hydrogen) atoms. The van der Waals surface area contributed by atoms with Crippen molar-refractivity contribution < 1.29 is 18.0 Å². The van der Waals surface area contributed by atoms with Crippen molar-refractivity contribution in [3.63, 3.8) is 0 Å². The first-order chi connectivity index (χ1) is 18.6. The zero-order valence-electron chi connectivity index (χ0n) is 21.7. The first-order valence-corrected chi connectivity index (χ1v) is 11.6. The van der Waals surface area contributed by atoms with Gasteiger partial charge in [0.1, 0.15) is 19.2 Å². The van der Waals surface area contributed by atoms with E-state index in [-0.39, 0.29) is 40.2 Å². The third-order valence-electron chi connectivity index (χ3n) is 6.77. The molecule has 0 saturated carbocycles. The number of aliphatic hydroxyl groups is 1. The first kappa shape index (κ1) is 19.6. The van der Waals surface area contributed by atoms with Gasteiger partial charge in [-0.3, -0.25) is 9.88 Å². The Balaban J connectivity index is 1.29. The molecule has 6 rings (SSSR count).